The van der Waals surface area contributed by atoms with E-state index in [0.717, 1.165) is 32.5 Å². The summed E-state index contributed by atoms with van der Waals surface area (Å²) < 4.78 is 11.9. The van der Waals surface area contributed by atoms with Crippen LogP contribution in [0.15, 0.2) is 0 Å². The number of nitrogens with zero attached hydrogens (tertiary/aromatic N) is 1. The van der Waals surface area contributed by atoms with E-state index in [9.17, 15) is 0 Å². The molecule has 0 aromatic heterocycles. The molecule has 0 amide bonds. The number of rotatable bonds is 4. The van der Waals surface area contributed by atoms with Gasteiger partial charge in [0.15, 0.2) is 0 Å². The maximum absolute atomic E-state index is 8.84. The first-order valence-electron chi connectivity index (χ1n) is 8.50. The first-order valence-corrected chi connectivity index (χ1v) is 9.65. The van der Waals surface area contributed by atoms with Gasteiger partial charge in [0.25, 0.3) is 0 Å². The van der Waals surface area contributed by atoms with E-state index in [1.807, 2.05) is 0 Å². The van der Waals surface area contributed by atoms with E-state index in [4.69, 9.17) is 14.6 Å². The number of piperidine rings is 1. The zero-order chi connectivity index (χ0) is 14.5. The van der Waals surface area contributed by atoms with Crippen LogP contribution in [0.4, 0.5) is 0 Å². The number of thioether (sulfide) groups is 1. The van der Waals surface area contributed by atoms with Crippen molar-refractivity contribution in [2.45, 2.75) is 56.3 Å². The fourth-order valence-electron chi connectivity index (χ4n) is 4.03. The Morgan fingerprint density at radius 2 is 1.95 bits per heavy atom. The van der Waals surface area contributed by atoms with E-state index in [1.165, 1.54) is 37.2 Å². The minimum absolute atomic E-state index is 0.140. The van der Waals surface area contributed by atoms with Gasteiger partial charge in [0.05, 0.1) is 24.9 Å². The van der Waals surface area contributed by atoms with Crippen molar-refractivity contribution in [2.75, 3.05) is 44.4 Å². The average Bonchev–Trinajstić information content (AvgIpc) is 2.54. The number of aliphatic hydroxyl groups is 1. The van der Waals surface area contributed by atoms with Crippen LogP contribution in [0.25, 0.3) is 0 Å². The molecule has 0 radical (unpaired) electrons. The summed E-state index contributed by atoms with van der Waals surface area (Å²) in [4.78, 5) is 2.67. The normalized spacial score (nSPS) is 31.6. The van der Waals surface area contributed by atoms with E-state index in [2.05, 4.69) is 16.7 Å². The fraction of sp³-hybridized carbons (Fsp3) is 1.00. The lowest BCUT2D eigenvalue weighted by Crippen LogP contribution is -2.52. The molecule has 1 unspecified atom stereocenters. The lowest BCUT2D eigenvalue weighted by Gasteiger charge is -2.47. The standard InChI is InChI=1S/C16H29NO3S/c18-8-10-19-15-1-6-17(7-2-15)14-3-9-20-16(13-14)4-11-21-12-5-16/h14-15,18H,1-13H2. The van der Waals surface area contributed by atoms with Gasteiger partial charge in [-0.15, -0.1) is 0 Å². The first kappa shape index (κ1) is 16.1. The molecule has 21 heavy (non-hydrogen) atoms. The van der Waals surface area contributed by atoms with Gasteiger partial charge >= 0.3 is 0 Å². The maximum atomic E-state index is 8.84. The number of likely N-dealkylation sites (tertiary alicyclic amines) is 1. The Balaban J connectivity index is 1.48. The highest BCUT2D eigenvalue weighted by atomic mass is 32.2. The lowest BCUT2D eigenvalue weighted by molar-refractivity contribution is -0.116. The highest BCUT2D eigenvalue weighted by Gasteiger charge is 2.41. The van der Waals surface area contributed by atoms with Crippen LogP contribution in [0.5, 0.6) is 0 Å². The number of hydrogen-bond donors (Lipinski definition) is 1. The summed E-state index contributed by atoms with van der Waals surface area (Å²) in [7, 11) is 0. The predicted octanol–water partition coefficient (Wildman–Crippen LogP) is 1.90. The molecule has 0 saturated carbocycles. The van der Waals surface area contributed by atoms with Crippen molar-refractivity contribution in [3.05, 3.63) is 0 Å². The zero-order valence-electron chi connectivity index (χ0n) is 13.0. The van der Waals surface area contributed by atoms with Crippen molar-refractivity contribution in [1.82, 2.24) is 4.90 Å². The molecule has 5 heteroatoms. The summed E-state index contributed by atoms with van der Waals surface area (Å²) in [6.45, 7) is 3.86. The Morgan fingerprint density at radius 3 is 2.67 bits per heavy atom. The largest absolute Gasteiger partial charge is 0.394 e. The predicted molar refractivity (Wildman–Crippen MR) is 85.9 cm³/mol. The molecule has 3 aliphatic rings. The minimum atomic E-state index is 0.140. The van der Waals surface area contributed by atoms with Crippen molar-refractivity contribution in [3.8, 4) is 0 Å². The molecule has 3 fully saturated rings. The SMILES string of the molecule is OCCOC1CCN(C2CCOC3(CCSCC3)C2)CC1. The summed E-state index contributed by atoms with van der Waals surface area (Å²) in [6, 6.07) is 0.709. The summed E-state index contributed by atoms with van der Waals surface area (Å²) >= 11 is 2.08. The van der Waals surface area contributed by atoms with Crippen LogP contribution in [-0.2, 0) is 9.47 Å². The van der Waals surface area contributed by atoms with Gasteiger partial charge in [-0.1, -0.05) is 0 Å². The number of hydrogen-bond acceptors (Lipinski definition) is 5. The van der Waals surface area contributed by atoms with Crippen LogP contribution in [0.3, 0.4) is 0 Å². The average molecular weight is 315 g/mol. The van der Waals surface area contributed by atoms with Gasteiger partial charge in [-0.3, -0.25) is 4.90 Å². The first-order chi connectivity index (χ1) is 10.3. The van der Waals surface area contributed by atoms with Crippen LogP contribution in [0, 0.1) is 0 Å². The van der Waals surface area contributed by atoms with E-state index >= 15 is 0 Å². The van der Waals surface area contributed by atoms with Gasteiger partial charge in [0, 0.05) is 25.7 Å². The van der Waals surface area contributed by atoms with Crippen LogP contribution in [0.1, 0.15) is 38.5 Å². The van der Waals surface area contributed by atoms with Crippen LogP contribution in [-0.4, -0.2) is 72.2 Å². The fourth-order valence-corrected chi connectivity index (χ4v) is 5.27. The summed E-state index contributed by atoms with van der Waals surface area (Å²) in [5.74, 6) is 2.54. The van der Waals surface area contributed by atoms with Gasteiger partial charge in [0.2, 0.25) is 0 Å². The van der Waals surface area contributed by atoms with Gasteiger partial charge in [-0.2, -0.15) is 11.8 Å². The molecule has 1 atom stereocenters. The van der Waals surface area contributed by atoms with Gasteiger partial charge in [-0.25, -0.2) is 0 Å². The third-order valence-electron chi connectivity index (χ3n) is 5.31. The number of aliphatic hydroxyl groups excluding tert-OH is 1. The second kappa shape index (κ2) is 7.64. The van der Waals surface area contributed by atoms with Gasteiger partial charge in [-0.05, 0) is 50.0 Å². The van der Waals surface area contributed by atoms with E-state index < -0.39 is 0 Å². The molecular formula is C16H29NO3S. The van der Waals surface area contributed by atoms with Crippen molar-refractivity contribution >= 4 is 11.8 Å². The van der Waals surface area contributed by atoms with Crippen molar-refractivity contribution in [2.24, 2.45) is 0 Å². The molecule has 0 aromatic rings. The van der Waals surface area contributed by atoms with Gasteiger partial charge < -0.3 is 14.6 Å². The second-order valence-corrected chi connectivity index (χ2v) is 7.84. The Kier molecular flexibility index (Phi) is 5.85. The molecule has 3 heterocycles. The molecule has 122 valence electrons. The van der Waals surface area contributed by atoms with E-state index in [0.29, 0.717) is 18.8 Å². The maximum Gasteiger partial charge on any atom is 0.0713 e. The van der Waals surface area contributed by atoms with Crippen molar-refractivity contribution in [3.63, 3.8) is 0 Å². The molecular weight excluding hydrogens is 286 g/mol. The van der Waals surface area contributed by atoms with E-state index in [-0.39, 0.29) is 12.2 Å². The van der Waals surface area contributed by atoms with Crippen LogP contribution in [0.2, 0.25) is 0 Å². The minimum Gasteiger partial charge on any atom is -0.394 e. The highest BCUT2D eigenvalue weighted by molar-refractivity contribution is 7.99. The molecule has 1 spiro atoms. The Bertz CT molecular complexity index is 309. The summed E-state index contributed by atoms with van der Waals surface area (Å²) in [6.07, 6.45) is 7.48. The monoisotopic (exact) mass is 315 g/mol. The molecule has 1 N–H and O–H groups in total. The third-order valence-corrected chi connectivity index (χ3v) is 6.29. The second-order valence-electron chi connectivity index (χ2n) is 6.62. The molecule has 3 rings (SSSR count). The Labute approximate surface area is 132 Å². The quantitative estimate of drug-likeness (QED) is 0.858. The third kappa shape index (κ3) is 4.14. The zero-order valence-corrected chi connectivity index (χ0v) is 13.8. The molecule has 0 bridgehead atoms. The van der Waals surface area contributed by atoms with Crippen LogP contribution < -0.4 is 0 Å². The van der Waals surface area contributed by atoms with Crippen molar-refractivity contribution < 1.29 is 14.6 Å². The van der Waals surface area contributed by atoms with Crippen molar-refractivity contribution in [1.29, 1.82) is 0 Å². The lowest BCUT2D eigenvalue weighted by atomic mass is 9.84. The molecule has 3 saturated heterocycles. The Hall–Kier alpha value is 0.190. The Morgan fingerprint density at radius 1 is 1.19 bits per heavy atom. The molecule has 0 aliphatic carbocycles. The van der Waals surface area contributed by atoms with Crippen LogP contribution >= 0.6 is 11.8 Å². The summed E-state index contributed by atoms with van der Waals surface area (Å²) in [5.41, 5.74) is 0.193. The molecule has 4 nitrogen and oxygen atoms in total. The van der Waals surface area contributed by atoms with Gasteiger partial charge in [0.1, 0.15) is 0 Å². The highest BCUT2D eigenvalue weighted by Crippen LogP contribution is 2.39. The smallest absolute Gasteiger partial charge is 0.0713 e. The number of ether oxygens (including phenoxy) is 2. The van der Waals surface area contributed by atoms with E-state index in [1.54, 1.807) is 0 Å². The summed E-state index contributed by atoms with van der Waals surface area (Å²) in [5, 5.41) is 8.84. The topological polar surface area (TPSA) is 41.9 Å². The molecule has 0 aromatic carbocycles. The molecule has 3 aliphatic heterocycles.